The zero-order chi connectivity index (χ0) is 26.8. The third kappa shape index (κ3) is 8.46. The highest BCUT2D eigenvalue weighted by Gasteiger charge is 2.25. The van der Waals surface area contributed by atoms with Crippen LogP contribution in [-0.2, 0) is 16.0 Å². The Morgan fingerprint density at radius 3 is 2.47 bits per heavy atom. The van der Waals surface area contributed by atoms with E-state index in [0.29, 0.717) is 34.7 Å². The van der Waals surface area contributed by atoms with Crippen LogP contribution in [0.25, 0.3) is 0 Å². The SMILES string of the molecule is C=CCc1cc(/C=N\NC(=O)[C@@H](CC(C)C)NC(=O)[C@@H](C)Oc2ccc(Cl)cc2Cl)cc(OC)c1O. The molecule has 0 heterocycles. The van der Waals surface area contributed by atoms with E-state index in [4.69, 9.17) is 32.7 Å². The molecule has 36 heavy (non-hydrogen) atoms. The first-order valence-electron chi connectivity index (χ1n) is 11.3. The van der Waals surface area contributed by atoms with Crippen molar-refractivity contribution in [1.29, 1.82) is 0 Å². The monoisotopic (exact) mass is 535 g/mol. The lowest BCUT2D eigenvalue weighted by Gasteiger charge is -2.22. The molecule has 0 unspecified atom stereocenters. The number of allylic oxidation sites excluding steroid dienone is 1. The molecule has 2 amide bonds. The molecule has 2 aromatic rings. The standard InChI is InChI=1S/C26H31Cl2N3O5/c1-6-7-18-11-17(12-23(35-5)24(18)32)14-29-31-26(34)21(10-15(2)3)30-25(33)16(4)36-22-9-8-19(27)13-20(22)28/h6,8-9,11-16,21,32H,1,7,10H2,2-5H3,(H,30,33)(H,31,34)/b29-14-/t16-,21-/m1/s1. The van der Waals surface area contributed by atoms with Gasteiger partial charge in [0.15, 0.2) is 17.6 Å². The van der Waals surface area contributed by atoms with Gasteiger partial charge in [0.1, 0.15) is 11.8 Å². The number of methoxy groups -OCH3 is 1. The smallest absolute Gasteiger partial charge is 0.262 e. The molecule has 0 bridgehead atoms. The number of phenolic OH excluding ortho intramolecular Hbond substituents is 1. The maximum absolute atomic E-state index is 12.8. The summed E-state index contributed by atoms with van der Waals surface area (Å²) in [5, 5.41) is 17.7. The number of carbonyl (C=O) groups is 2. The Bertz CT molecular complexity index is 1120. The van der Waals surface area contributed by atoms with Gasteiger partial charge in [-0.25, -0.2) is 5.43 Å². The van der Waals surface area contributed by atoms with Gasteiger partial charge >= 0.3 is 0 Å². The van der Waals surface area contributed by atoms with E-state index in [2.05, 4.69) is 22.4 Å². The predicted octanol–water partition coefficient (Wildman–Crippen LogP) is 4.88. The molecule has 0 aliphatic rings. The van der Waals surface area contributed by atoms with Crippen LogP contribution in [0.5, 0.6) is 17.2 Å². The van der Waals surface area contributed by atoms with Crippen molar-refractivity contribution in [3.63, 3.8) is 0 Å². The zero-order valence-electron chi connectivity index (χ0n) is 20.7. The van der Waals surface area contributed by atoms with Crippen molar-refractivity contribution in [2.75, 3.05) is 7.11 Å². The number of rotatable bonds is 12. The number of hydrogen-bond acceptors (Lipinski definition) is 6. The van der Waals surface area contributed by atoms with Crippen LogP contribution in [0.3, 0.4) is 0 Å². The van der Waals surface area contributed by atoms with Crippen LogP contribution in [0.2, 0.25) is 10.0 Å². The molecule has 2 atom stereocenters. The number of nitrogens with one attached hydrogen (secondary N) is 2. The van der Waals surface area contributed by atoms with Crippen molar-refractivity contribution in [3.8, 4) is 17.2 Å². The second kappa shape index (κ2) is 13.8. The third-order valence-electron chi connectivity index (χ3n) is 5.06. The minimum atomic E-state index is -0.914. The predicted molar refractivity (Wildman–Crippen MR) is 142 cm³/mol. The number of hydrogen-bond donors (Lipinski definition) is 3. The number of benzene rings is 2. The minimum Gasteiger partial charge on any atom is -0.504 e. The van der Waals surface area contributed by atoms with E-state index in [1.807, 2.05) is 13.8 Å². The molecule has 0 fully saturated rings. The topological polar surface area (TPSA) is 109 Å². The van der Waals surface area contributed by atoms with Gasteiger partial charge in [-0.2, -0.15) is 5.10 Å². The van der Waals surface area contributed by atoms with Crippen molar-refractivity contribution < 1.29 is 24.2 Å². The number of carbonyl (C=O) groups excluding carboxylic acids is 2. The average molecular weight is 536 g/mol. The van der Waals surface area contributed by atoms with Gasteiger partial charge in [0.25, 0.3) is 11.8 Å². The van der Waals surface area contributed by atoms with Gasteiger partial charge in [-0.1, -0.05) is 43.1 Å². The number of hydrazone groups is 1. The van der Waals surface area contributed by atoms with E-state index in [1.165, 1.54) is 19.4 Å². The van der Waals surface area contributed by atoms with Gasteiger partial charge in [-0.15, -0.1) is 6.58 Å². The summed E-state index contributed by atoms with van der Waals surface area (Å²) in [5.41, 5.74) is 3.68. The average Bonchev–Trinajstić information content (AvgIpc) is 2.81. The highest BCUT2D eigenvalue weighted by Crippen LogP contribution is 2.31. The molecule has 2 aromatic carbocycles. The summed E-state index contributed by atoms with van der Waals surface area (Å²) in [6.45, 7) is 9.11. The summed E-state index contributed by atoms with van der Waals surface area (Å²) in [6, 6.07) is 7.15. The van der Waals surface area contributed by atoms with E-state index in [0.717, 1.165) is 0 Å². The molecule has 8 nitrogen and oxygen atoms in total. The molecule has 0 radical (unpaired) electrons. The van der Waals surface area contributed by atoms with Crippen molar-refractivity contribution >= 4 is 41.2 Å². The third-order valence-corrected chi connectivity index (χ3v) is 5.59. The second-order valence-electron chi connectivity index (χ2n) is 8.48. The first kappa shape index (κ1) is 29.0. The van der Waals surface area contributed by atoms with Crippen LogP contribution in [-0.4, -0.2) is 42.4 Å². The number of aromatic hydroxyl groups is 1. The number of phenols is 1. The molecule has 0 aromatic heterocycles. The molecular formula is C26H31Cl2N3O5. The zero-order valence-corrected chi connectivity index (χ0v) is 22.2. The van der Waals surface area contributed by atoms with E-state index >= 15 is 0 Å². The van der Waals surface area contributed by atoms with E-state index in [9.17, 15) is 14.7 Å². The number of ether oxygens (including phenoxy) is 2. The Labute approximate surface area is 221 Å². The fraction of sp³-hybridized carbons (Fsp3) is 0.346. The summed E-state index contributed by atoms with van der Waals surface area (Å²) in [4.78, 5) is 25.6. The van der Waals surface area contributed by atoms with Crippen molar-refractivity contribution in [2.45, 2.75) is 45.8 Å². The minimum absolute atomic E-state index is 0.0227. The molecule has 0 spiro atoms. The van der Waals surface area contributed by atoms with Crippen LogP contribution in [0.4, 0.5) is 0 Å². The Kier molecular flexibility index (Phi) is 11.1. The summed E-state index contributed by atoms with van der Waals surface area (Å²) in [6.07, 6.45) is 2.98. The maximum atomic E-state index is 12.8. The van der Waals surface area contributed by atoms with Gasteiger partial charge in [0.05, 0.1) is 18.3 Å². The first-order chi connectivity index (χ1) is 17.0. The number of halogens is 2. The normalized spacial score (nSPS) is 12.8. The van der Waals surface area contributed by atoms with Crippen LogP contribution in [0.15, 0.2) is 48.1 Å². The van der Waals surface area contributed by atoms with Crippen LogP contribution in [0.1, 0.15) is 38.3 Å². The molecule has 10 heteroatoms. The molecular weight excluding hydrogens is 505 g/mol. The number of amides is 2. The fourth-order valence-corrected chi connectivity index (χ4v) is 3.74. The summed E-state index contributed by atoms with van der Waals surface area (Å²) < 4.78 is 10.8. The van der Waals surface area contributed by atoms with Crippen molar-refractivity contribution in [3.05, 3.63) is 64.2 Å². The van der Waals surface area contributed by atoms with Gasteiger partial charge in [0, 0.05) is 10.6 Å². The maximum Gasteiger partial charge on any atom is 0.262 e. The molecule has 0 saturated carbocycles. The van der Waals surface area contributed by atoms with E-state index in [1.54, 1.807) is 37.3 Å². The fourth-order valence-electron chi connectivity index (χ4n) is 3.29. The molecule has 0 aliphatic heterocycles. The molecule has 0 aliphatic carbocycles. The molecule has 194 valence electrons. The van der Waals surface area contributed by atoms with Crippen molar-refractivity contribution in [1.82, 2.24) is 10.7 Å². The van der Waals surface area contributed by atoms with Crippen LogP contribution >= 0.6 is 23.2 Å². The van der Waals surface area contributed by atoms with Crippen LogP contribution in [0, 0.1) is 5.92 Å². The largest absolute Gasteiger partial charge is 0.504 e. The lowest BCUT2D eigenvalue weighted by molar-refractivity contribution is -0.132. The Balaban J connectivity index is 2.08. The Morgan fingerprint density at radius 2 is 1.86 bits per heavy atom. The van der Waals surface area contributed by atoms with Gasteiger partial charge in [-0.05, 0) is 61.6 Å². The Morgan fingerprint density at radius 1 is 1.14 bits per heavy atom. The summed E-state index contributed by atoms with van der Waals surface area (Å²) in [7, 11) is 1.44. The summed E-state index contributed by atoms with van der Waals surface area (Å²) in [5.74, 6) is -0.241. The molecule has 2 rings (SSSR count). The molecule has 0 saturated heterocycles. The second-order valence-corrected chi connectivity index (χ2v) is 9.33. The van der Waals surface area contributed by atoms with Gasteiger partial charge in [0.2, 0.25) is 0 Å². The highest BCUT2D eigenvalue weighted by molar-refractivity contribution is 6.35. The summed E-state index contributed by atoms with van der Waals surface area (Å²) >= 11 is 12.0. The molecule has 3 N–H and O–H groups in total. The lowest BCUT2D eigenvalue weighted by atomic mass is 10.0. The Hall–Kier alpha value is -3.23. The first-order valence-corrected chi connectivity index (χ1v) is 12.1. The quantitative estimate of drug-likeness (QED) is 0.204. The van der Waals surface area contributed by atoms with Crippen molar-refractivity contribution in [2.24, 2.45) is 11.0 Å². The van der Waals surface area contributed by atoms with E-state index < -0.39 is 24.0 Å². The van der Waals surface area contributed by atoms with Crippen LogP contribution < -0.4 is 20.2 Å². The van der Waals surface area contributed by atoms with Gasteiger partial charge in [-0.3, -0.25) is 9.59 Å². The van der Waals surface area contributed by atoms with E-state index in [-0.39, 0.29) is 22.4 Å². The highest BCUT2D eigenvalue weighted by atomic mass is 35.5. The van der Waals surface area contributed by atoms with Gasteiger partial charge < -0.3 is 19.9 Å². The lowest BCUT2D eigenvalue weighted by Crippen LogP contribution is -2.49. The number of nitrogens with zero attached hydrogens (tertiary/aromatic N) is 1.